The summed E-state index contributed by atoms with van der Waals surface area (Å²) in [6, 6.07) is 5.32. The molecule has 1 aromatic rings. The van der Waals surface area contributed by atoms with Crippen molar-refractivity contribution in [2.75, 3.05) is 20.3 Å². The molecule has 18 heavy (non-hydrogen) atoms. The Kier molecular flexibility index (Phi) is 6.15. The van der Waals surface area contributed by atoms with Gasteiger partial charge in [-0.3, -0.25) is 4.79 Å². The van der Waals surface area contributed by atoms with Crippen molar-refractivity contribution in [3.05, 3.63) is 28.2 Å². The molecule has 0 heterocycles. The minimum absolute atomic E-state index is 0.166. The quantitative estimate of drug-likeness (QED) is 0.821. The summed E-state index contributed by atoms with van der Waals surface area (Å²) in [5.74, 6) is 0.390. The van der Waals surface area contributed by atoms with Crippen molar-refractivity contribution in [1.29, 1.82) is 0 Å². The highest BCUT2D eigenvalue weighted by atomic mass is 79.9. The molecule has 0 radical (unpaired) electrons. The Bertz CT molecular complexity index is 407. The fourth-order valence-electron chi connectivity index (χ4n) is 1.41. The summed E-state index contributed by atoms with van der Waals surface area (Å²) in [5, 5.41) is 2.79. The van der Waals surface area contributed by atoms with Crippen LogP contribution in [0.2, 0.25) is 0 Å². The van der Waals surface area contributed by atoms with Gasteiger partial charge in [0.15, 0.2) is 0 Å². The number of carbonyl (C=O) groups excluding carboxylic acids is 1. The van der Waals surface area contributed by atoms with Crippen molar-refractivity contribution < 1.29 is 14.3 Å². The van der Waals surface area contributed by atoms with E-state index >= 15 is 0 Å². The molecule has 0 aliphatic heterocycles. The highest BCUT2D eigenvalue weighted by Crippen LogP contribution is 2.22. The zero-order valence-corrected chi connectivity index (χ0v) is 12.4. The van der Waals surface area contributed by atoms with Crippen LogP contribution < -0.4 is 10.1 Å². The van der Waals surface area contributed by atoms with Crippen LogP contribution >= 0.6 is 15.9 Å². The third kappa shape index (κ3) is 4.66. The van der Waals surface area contributed by atoms with Crippen LogP contribution in [0.3, 0.4) is 0 Å². The number of carbonyl (C=O) groups is 1. The Labute approximate surface area is 116 Å². The fraction of sp³-hybridized carbons (Fsp3) is 0.462. The monoisotopic (exact) mass is 315 g/mol. The molecule has 1 rings (SSSR count). The zero-order valence-electron chi connectivity index (χ0n) is 10.8. The molecule has 0 bridgehead atoms. The number of nitrogens with one attached hydrogen (secondary N) is 1. The van der Waals surface area contributed by atoms with Crippen LogP contribution in [0.5, 0.6) is 5.75 Å². The van der Waals surface area contributed by atoms with Gasteiger partial charge in [-0.2, -0.15) is 0 Å². The van der Waals surface area contributed by atoms with Crippen LogP contribution in [0.15, 0.2) is 22.7 Å². The molecule has 0 fully saturated rings. The number of hydrogen-bond donors (Lipinski definition) is 1. The molecule has 0 unspecified atom stereocenters. The summed E-state index contributed by atoms with van der Waals surface area (Å²) in [6.45, 7) is 4.89. The highest BCUT2D eigenvalue weighted by molar-refractivity contribution is 9.10. The first-order chi connectivity index (χ1) is 8.54. The first-order valence-electron chi connectivity index (χ1n) is 5.78. The second-order valence-corrected chi connectivity index (χ2v) is 4.94. The summed E-state index contributed by atoms with van der Waals surface area (Å²) in [4.78, 5) is 12.0. The van der Waals surface area contributed by atoms with Gasteiger partial charge in [0.1, 0.15) is 5.75 Å². The molecule has 1 aromatic carbocycles. The van der Waals surface area contributed by atoms with E-state index in [4.69, 9.17) is 9.47 Å². The number of halogens is 1. The second-order valence-electron chi connectivity index (χ2n) is 4.02. The Hall–Kier alpha value is -1.07. The number of hydrogen-bond acceptors (Lipinski definition) is 3. The maximum absolute atomic E-state index is 12.0. The van der Waals surface area contributed by atoms with Crippen molar-refractivity contribution >= 4 is 21.8 Å². The summed E-state index contributed by atoms with van der Waals surface area (Å²) in [5.41, 5.74) is 0.511. The smallest absolute Gasteiger partial charge is 0.255 e. The predicted molar refractivity (Wildman–Crippen MR) is 74.1 cm³/mol. The largest absolute Gasteiger partial charge is 0.496 e. The Morgan fingerprint density at radius 2 is 2.17 bits per heavy atom. The van der Waals surface area contributed by atoms with E-state index in [2.05, 4.69) is 21.2 Å². The van der Waals surface area contributed by atoms with Crippen LogP contribution in [0, 0.1) is 0 Å². The summed E-state index contributed by atoms with van der Waals surface area (Å²) >= 11 is 3.33. The number of rotatable bonds is 6. The zero-order chi connectivity index (χ0) is 13.5. The second kappa shape index (κ2) is 7.38. The highest BCUT2D eigenvalue weighted by Gasteiger charge is 2.12. The van der Waals surface area contributed by atoms with E-state index in [0.717, 1.165) is 4.47 Å². The summed E-state index contributed by atoms with van der Waals surface area (Å²) in [6.07, 6.45) is 0.169. The van der Waals surface area contributed by atoms with Gasteiger partial charge in [0, 0.05) is 11.0 Å². The number of methoxy groups -OCH3 is 1. The van der Waals surface area contributed by atoms with E-state index in [9.17, 15) is 4.79 Å². The van der Waals surface area contributed by atoms with Gasteiger partial charge in [-0.1, -0.05) is 15.9 Å². The number of ether oxygens (including phenoxy) is 2. The van der Waals surface area contributed by atoms with E-state index in [0.29, 0.717) is 24.5 Å². The lowest BCUT2D eigenvalue weighted by Gasteiger charge is -2.11. The van der Waals surface area contributed by atoms with Crippen molar-refractivity contribution in [3.63, 3.8) is 0 Å². The molecule has 0 aliphatic rings. The molecule has 1 N–H and O–H groups in total. The summed E-state index contributed by atoms with van der Waals surface area (Å²) < 4.78 is 11.3. The lowest BCUT2D eigenvalue weighted by atomic mass is 10.2. The molecule has 100 valence electrons. The van der Waals surface area contributed by atoms with Crippen molar-refractivity contribution in [3.8, 4) is 5.75 Å². The van der Waals surface area contributed by atoms with Crippen LogP contribution in [-0.4, -0.2) is 32.3 Å². The minimum atomic E-state index is -0.166. The Morgan fingerprint density at radius 3 is 2.78 bits per heavy atom. The van der Waals surface area contributed by atoms with Gasteiger partial charge in [-0.25, -0.2) is 0 Å². The normalized spacial score (nSPS) is 10.5. The van der Waals surface area contributed by atoms with Gasteiger partial charge in [0.25, 0.3) is 5.91 Å². The van der Waals surface area contributed by atoms with Gasteiger partial charge >= 0.3 is 0 Å². The van der Waals surface area contributed by atoms with Crippen LogP contribution in [0.25, 0.3) is 0 Å². The van der Waals surface area contributed by atoms with Crippen LogP contribution in [0.4, 0.5) is 0 Å². The average Bonchev–Trinajstić information content (AvgIpc) is 2.34. The molecular weight excluding hydrogens is 298 g/mol. The molecule has 5 heteroatoms. The number of amides is 1. The SMILES string of the molecule is COc1ccc(Br)cc1C(=O)NCCOC(C)C. The lowest BCUT2D eigenvalue weighted by molar-refractivity contribution is 0.0745. The topological polar surface area (TPSA) is 47.6 Å². The molecule has 0 aromatic heterocycles. The van der Waals surface area contributed by atoms with Gasteiger partial charge in [0.2, 0.25) is 0 Å². The third-order valence-corrected chi connectivity index (χ3v) is 2.74. The Morgan fingerprint density at radius 1 is 1.44 bits per heavy atom. The van der Waals surface area contributed by atoms with Crippen molar-refractivity contribution in [2.24, 2.45) is 0 Å². The summed E-state index contributed by atoms with van der Waals surface area (Å²) in [7, 11) is 1.54. The molecule has 1 amide bonds. The van der Waals surface area contributed by atoms with Crippen molar-refractivity contribution in [1.82, 2.24) is 5.32 Å². The average molecular weight is 316 g/mol. The first kappa shape index (κ1) is 15.0. The molecule has 0 aliphatic carbocycles. The standard InChI is InChI=1S/C13H18BrNO3/c1-9(2)18-7-6-15-13(16)11-8-10(14)4-5-12(11)17-3/h4-5,8-9H,6-7H2,1-3H3,(H,15,16). The molecule has 0 atom stereocenters. The van der Waals surface area contributed by atoms with Crippen LogP contribution in [-0.2, 0) is 4.74 Å². The van der Waals surface area contributed by atoms with E-state index in [1.807, 2.05) is 19.9 Å². The van der Waals surface area contributed by atoms with Gasteiger partial charge in [0.05, 0.1) is 25.4 Å². The van der Waals surface area contributed by atoms with Gasteiger partial charge in [-0.15, -0.1) is 0 Å². The van der Waals surface area contributed by atoms with Gasteiger partial charge < -0.3 is 14.8 Å². The molecule has 4 nitrogen and oxygen atoms in total. The molecule has 0 saturated carbocycles. The lowest BCUT2D eigenvalue weighted by Crippen LogP contribution is -2.28. The van der Waals surface area contributed by atoms with Crippen molar-refractivity contribution in [2.45, 2.75) is 20.0 Å². The minimum Gasteiger partial charge on any atom is -0.496 e. The molecule has 0 spiro atoms. The maximum Gasteiger partial charge on any atom is 0.255 e. The van der Waals surface area contributed by atoms with E-state index in [1.54, 1.807) is 19.2 Å². The predicted octanol–water partition coefficient (Wildman–Crippen LogP) is 2.61. The molecule has 0 saturated heterocycles. The van der Waals surface area contributed by atoms with E-state index < -0.39 is 0 Å². The number of benzene rings is 1. The van der Waals surface area contributed by atoms with E-state index in [1.165, 1.54) is 0 Å². The third-order valence-electron chi connectivity index (χ3n) is 2.24. The Balaban J connectivity index is 2.58. The first-order valence-corrected chi connectivity index (χ1v) is 6.57. The fourth-order valence-corrected chi connectivity index (χ4v) is 1.77. The van der Waals surface area contributed by atoms with Crippen LogP contribution in [0.1, 0.15) is 24.2 Å². The molecular formula is C13H18BrNO3. The maximum atomic E-state index is 12.0. The van der Waals surface area contributed by atoms with Gasteiger partial charge in [-0.05, 0) is 32.0 Å². The van der Waals surface area contributed by atoms with E-state index in [-0.39, 0.29) is 12.0 Å².